The molecular formula is C2H4O3SY-2. The van der Waals surface area contributed by atoms with Crippen molar-refractivity contribution in [1.29, 1.82) is 0 Å². The summed E-state index contributed by atoms with van der Waals surface area (Å²) in [5.74, 6) is -0.562. The molecule has 41 valence electrons. The van der Waals surface area contributed by atoms with Crippen LogP contribution in [-0.4, -0.2) is 18.7 Å². The van der Waals surface area contributed by atoms with Crippen LogP contribution in [0.5, 0.6) is 0 Å². The summed E-state index contributed by atoms with van der Waals surface area (Å²) < 4.78 is 28.1. The average molecular weight is 197 g/mol. The largest absolute Gasteiger partial charge is 0.750 e. The van der Waals surface area contributed by atoms with Gasteiger partial charge in [0.05, 0.1) is 10.1 Å². The molecule has 0 N–H and O–H groups in total. The van der Waals surface area contributed by atoms with Gasteiger partial charge in [-0.05, 0) is 0 Å². The van der Waals surface area contributed by atoms with Crippen LogP contribution in [0.15, 0.2) is 0 Å². The fraction of sp³-hybridized carbons (Fsp3) is 0.500. The van der Waals surface area contributed by atoms with E-state index in [1.165, 1.54) is 0 Å². The molecule has 0 aromatic heterocycles. The zero-order valence-electron chi connectivity index (χ0n) is 3.62. The summed E-state index contributed by atoms with van der Waals surface area (Å²) in [7, 11) is -4.02. The van der Waals surface area contributed by atoms with Crippen molar-refractivity contribution < 1.29 is 45.7 Å². The van der Waals surface area contributed by atoms with Gasteiger partial charge in [0, 0.05) is 32.7 Å². The molecule has 0 spiro atoms. The molecule has 0 amide bonds. The molecule has 0 aromatic rings. The third-order valence-electron chi connectivity index (χ3n) is 0.250. The summed E-state index contributed by atoms with van der Waals surface area (Å²) in [4.78, 5) is 0. The second kappa shape index (κ2) is 3.95. The summed E-state index contributed by atoms with van der Waals surface area (Å²) in [6, 6.07) is 0. The maximum atomic E-state index is 9.38. The number of hydrogen-bond donors (Lipinski definition) is 0. The molecule has 0 aliphatic heterocycles. The third-order valence-corrected chi connectivity index (χ3v) is 0.750. The van der Waals surface area contributed by atoms with Crippen molar-refractivity contribution in [2.45, 2.75) is 0 Å². The van der Waals surface area contributed by atoms with Gasteiger partial charge in [0.25, 0.3) is 0 Å². The Morgan fingerprint density at radius 2 is 1.71 bits per heavy atom. The van der Waals surface area contributed by atoms with Crippen LogP contribution < -0.4 is 0 Å². The summed E-state index contributed by atoms with van der Waals surface area (Å²) in [5.41, 5.74) is 0. The quantitative estimate of drug-likeness (QED) is 0.415. The van der Waals surface area contributed by atoms with Gasteiger partial charge < -0.3 is 11.5 Å². The molecule has 0 heterocycles. The van der Waals surface area contributed by atoms with E-state index < -0.39 is 15.9 Å². The summed E-state index contributed by atoms with van der Waals surface area (Å²) in [6.07, 6.45) is 0. The standard InChI is InChI=1S/C2H5O3S.Y/c1-2-6(3,4)5;/h1-2H2,(H,3,4,5);/q-1;/p-1. The van der Waals surface area contributed by atoms with Gasteiger partial charge in [-0.2, -0.15) is 0 Å². The van der Waals surface area contributed by atoms with Gasteiger partial charge in [0.15, 0.2) is 0 Å². The Bertz CT molecular complexity index is 115. The second-order valence-corrected chi connectivity index (χ2v) is 2.29. The van der Waals surface area contributed by atoms with Gasteiger partial charge in [-0.1, -0.05) is 5.75 Å². The van der Waals surface area contributed by atoms with Gasteiger partial charge >= 0.3 is 0 Å². The van der Waals surface area contributed by atoms with E-state index >= 15 is 0 Å². The second-order valence-electron chi connectivity index (χ2n) is 0.762. The topological polar surface area (TPSA) is 57.2 Å². The first-order valence-electron chi connectivity index (χ1n) is 1.29. The molecule has 0 saturated heterocycles. The van der Waals surface area contributed by atoms with Crippen LogP contribution in [0.25, 0.3) is 0 Å². The Balaban J connectivity index is 0. The van der Waals surface area contributed by atoms with Crippen LogP contribution >= 0.6 is 0 Å². The minimum Gasteiger partial charge on any atom is -0.750 e. The van der Waals surface area contributed by atoms with Crippen LogP contribution in [0, 0.1) is 6.92 Å². The van der Waals surface area contributed by atoms with E-state index in [-0.39, 0.29) is 32.7 Å². The Labute approximate surface area is 68.1 Å². The average Bonchev–Trinajstić information content (AvgIpc) is 1.35. The number of hydrogen-bond acceptors (Lipinski definition) is 3. The third kappa shape index (κ3) is 10.9. The SMILES string of the molecule is [CH2-]CS(=O)(=O)[O-].[Y]. The maximum absolute atomic E-state index is 9.38. The fourth-order valence-corrected chi connectivity index (χ4v) is 0. The van der Waals surface area contributed by atoms with Gasteiger partial charge in [0.1, 0.15) is 0 Å². The molecule has 1 radical (unpaired) electrons. The van der Waals surface area contributed by atoms with Crippen molar-refractivity contribution >= 4 is 10.1 Å². The van der Waals surface area contributed by atoms with Crippen molar-refractivity contribution in [2.24, 2.45) is 0 Å². The minimum absolute atomic E-state index is 0. The molecule has 0 rings (SSSR count). The van der Waals surface area contributed by atoms with E-state index in [0.29, 0.717) is 0 Å². The van der Waals surface area contributed by atoms with E-state index in [9.17, 15) is 13.0 Å². The zero-order chi connectivity index (χ0) is 5.21. The van der Waals surface area contributed by atoms with E-state index in [0.717, 1.165) is 0 Å². The Kier molecular flexibility index (Phi) is 6.15. The first kappa shape index (κ1) is 10.9. The molecule has 0 aliphatic carbocycles. The summed E-state index contributed by atoms with van der Waals surface area (Å²) in [6.45, 7) is 2.86. The maximum Gasteiger partial charge on any atom is 0.0658 e. The van der Waals surface area contributed by atoms with Gasteiger partial charge in [-0.15, -0.1) is 0 Å². The molecule has 0 atom stereocenters. The molecule has 0 aliphatic rings. The van der Waals surface area contributed by atoms with Crippen molar-refractivity contribution in [3.05, 3.63) is 6.92 Å². The Morgan fingerprint density at radius 1 is 1.57 bits per heavy atom. The molecule has 3 nitrogen and oxygen atoms in total. The van der Waals surface area contributed by atoms with Crippen molar-refractivity contribution in [3.8, 4) is 0 Å². The summed E-state index contributed by atoms with van der Waals surface area (Å²) in [5, 5.41) is 0. The minimum atomic E-state index is -4.02. The zero-order valence-corrected chi connectivity index (χ0v) is 7.28. The Morgan fingerprint density at radius 3 is 1.71 bits per heavy atom. The molecule has 0 aromatic carbocycles. The van der Waals surface area contributed by atoms with E-state index in [1.54, 1.807) is 0 Å². The number of rotatable bonds is 1. The summed E-state index contributed by atoms with van der Waals surface area (Å²) >= 11 is 0. The predicted molar refractivity (Wildman–Crippen MR) is 19.9 cm³/mol. The Hall–Kier alpha value is 1.01. The fourth-order valence-electron chi connectivity index (χ4n) is 0. The smallest absolute Gasteiger partial charge is 0.0658 e. The monoisotopic (exact) mass is 197 g/mol. The van der Waals surface area contributed by atoms with Crippen LogP contribution in [0.4, 0.5) is 0 Å². The van der Waals surface area contributed by atoms with Crippen LogP contribution in [0.1, 0.15) is 0 Å². The van der Waals surface area contributed by atoms with E-state index in [4.69, 9.17) is 0 Å². The molecule has 5 heteroatoms. The van der Waals surface area contributed by atoms with Crippen LogP contribution in [0.2, 0.25) is 0 Å². The van der Waals surface area contributed by atoms with E-state index in [2.05, 4.69) is 6.92 Å². The predicted octanol–water partition coefficient (Wildman–Crippen LogP) is -0.637. The van der Waals surface area contributed by atoms with Crippen LogP contribution in [0.3, 0.4) is 0 Å². The first-order valence-corrected chi connectivity index (χ1v) is 2.87. The van der Waals surface area contributed by atoms with Gasteiger partial charge in [0.2, 0.25) is 0 Å². The normalized spacial score (nSPS) is 10.0. The van der Waals surface area contributed by atoms with E-state index in [1.807, 2.05) is 0 Å². The van der Waals surface area contributed by atoms with Crippen molar-refractivity contribution in [1.82, 2.24) is 0 Å². The van der Waals surface area contributed by atoms with Crippen molar-refractivity contribution in [3.63, 3.8) is 0 Å². The molecule has 0 unspecified atom stereocenters. The molecule has 0 bridgehead atoms. The molecule has 0 fully saturated rings. The molecule has 0 saturated carbocycles. The van der Waals surface area contributed by atoms with Gasteiger partial charge in [-0.25, -0.2) is 8.42 Å². The molecular weight excluding hydrogens is 193 g/mol. The van der Waals surface area contributed by atoms with Crippen molar-refractivity contribution in [2.75, 3.05) is 5.75 Å². The molecule has 7 heavy (non-hydrogen) atoms. The van der Waals surface area contributed by atoms with Crippen LogP contribution in [-0.2, 0) is 42.8 Å². The first-order chi connectivity index (χ1) is 2.56. The van der Waals surface area contributed by atoms with Gasteiger partial charge in [-0.3, -0.25) is 0 Å².